The monoisotopic (exact) mass is 409 g/mol. The fourth-order valence-corrected chi connectivity index (χ4v) is 5.87. The van der Waals surface area contributed by atoms with Crippen LogP contribution in [-0.4, -0.2) is 24.9 Å². The summed E-state index contributed by atoms with van der Waals surface area (Å²) in [7, 11) is 1.29. The zero-order chi connectivity index (χ0) is 21.3. The molecule has 1 aliphatic heterocycles. The van der Waals surface area contributed by atoms with Crippen LogP contribution in [0.5, 0.6) is 0 Å². The second-order valence-corrected chi connectivity index (χ2v) is 8.29. The Balaban J connectivity index is 1.55. The van der Waals surface area contributed by atoms with E-state index in [1.165, 1.54) is 12.0 Å². The van der Waals surface area contributed by atoms with Crippen molar-refractivity contribution in [2.24, 2.45) is 11.8 Å². The molecule has 3 aromatic carbocycles. The largest absolute Gasteiger partial charge is 0.465 e. The molecule has 5 nitrogen and oxygen atoms in total. The Kier molecular flexibility index (Phi) is 3.72. The number of hydrogen-bond acceptors (Lipinski definition) is 4. The van der Waals surface area contributed by atoms with Crippen molar-refractivity contribution in [2.45, 2.75) is 11.8 Å². The molecule has 0 unspecified atom stereocenters. The van der Waals surface area contributed by atoms with Crippen molar-refractivity contribution in [1.82, 2.24) is 0 Å². The highest BCUT2D eigenvalue weighted by Crippen LogP contribution is 2.61. The fourth-order valence-electron chi connectivity index (χ4n) is 5.87. The minimum atomic E-state index is -0.569. The third-order valence-corrected chi connectivity index (χ3v) is 7.00. The number of benzene rings is 3. The van der Waals surface area contributed by atoms with Gasteiger partial charge in [-0.15, -0.1) is 0 Å². The molecule has 3 aromatic rings. The van der Waals surface area contributed by atoms with Crippen LogP contribution in [0.15, 0.2) is 72.8 Å². The lowest BCUT2D eigenvalue weighted by Crippen LogP contribution is -2.41. The number of amides is 2. The lowest BCUT2D eigenvalue weighted by Gasteiger charge is -2.45. The van der Waals surface area contributed by atoms with Crippen molar-refractivity contribution < 1.29 is 19.1 Å². The van der Waals surface area contributed by atoms with Crippen LogP contribution in [0.2, 0.25) is 0 Å². The smallest absolute Gasteiger partial charge is 0.339 e. The minimum Gasteiger partial charge on any atom is -0.465 e. The lowest BCUT2D eigenvalue weighted by molar-refractivity contribution is -0.122. The zero-order valence-corrected chi connectivity index (χ0v) is 16.8. The van der Waals surface area contributed by atoms with Crippen LogP contribution in [0.25, 0.3) is 0 Å². The van der Waals surface area contributed by atoms with Gasteiger partial charge < -0.3 is 4.74 Å². The predicted octanol–water partition coefficient (Wildman–Crippen LogP) is 3.87. The Hall–Kier alpha value is -3.73. The van der Waals surface area contributed by atoms with Crippen molar-refractivity contribution in [3.05, 3.63) is 101 Å². The number of para-hydroxylation sites is 1. The molecule has 0 radical (unpaired) electrons. The van der Waals surface area contributed by atoms with E-state index >= 15 is 0 Å². The van der Waals surface area contributed by atoms with E-state index in [2.05, 4.69) is 24.3 Å². The normalized spacial score (nSPS) is 25.1. The Morgan fingerprint density at radius 3 is 1.58 bits per heavy atom. The van der Waals surface area contributed by atoms with Crippen molar-refractivity contribution in [2.75, 3.05) is 12.0 Å². The first-order valence-corrected chi connectivity index (χ1v) is 10.4. The Morgan fingerprint density at radius 2 is 1.13 bits per heavy atom. The Morgan fingerprint density at radius 1 is 0.710 bits per heavy atom. The van der Waals surface area contributed by atoms with Crippen LogP contribution >= 0.6 is 0 Å². The maximum atomic E-state index is 13.8. The maximum absolute atomic E-state index is 13.8. The van der Waals surface area contributed by atoms with Crippen molar-refractivity contribution in [3.63, 3.8) is 0 Å². The zero-order valence-electron chi connectivity index (χ0n) is 16.8. The number of rotatable bonds is 2. The van der Waals surface area contributed by atoms with Gasteiger partial charge in [-0.05, 0) is 34.4 Å². The van der Waals surface area contributed by atoms with Gasteiger partial charge in [-0.2, -0.15) is 0 Å². The molecule has 31 heavy (non-hydrogen) atoms. The molecule has 1 fully saturated rings. The standard InChI is InChI=1S/C26H19NO4/c1-31-26(30)18-12-6-7-13-19(18)27-24(28)22-20-14-8-2-3-9-15(14)21(23(22)25(27)29)17-11-5-4-10-16(17)20/h2-13,20-23H,1H3/t20?,21?,22-,23+. The van der Waals surface area contributed by atoms with E-state index in [1.807, 2.05) is 24.3 Å². The summed E-state index contributed by atoms with van der Waals surface area (Å²) in [5, 5.41) is 0. The van der Waals surface area contributed by atoms with E-state index in [0.717, 1.165) is 22.3 Å². The third kappa shape index (κ3) is 2.23. The number of carbonyl (C=O) groups excluding carboxylic acids is 3. The summed E-state index contributed by atoms with van der Waals surface area (Å²) in [5.41, 5.74) is 5.00. The Labute approximate surface area is 179 Å². The summed E-state index contributed by atoms with van der Waals surface area (Å²) in [6.45, 7) is 0. The number of methoxy groups -OCH3 is 1. The summed E-state index contributed by atoms with van der Waals surface area (Å²) < 4.78 is 4.89. The fraction of sp³-hybridized carbons (Fsp3) is 0.192. The molecule has 7 rings (SSSR count). The van der Waals surface area contributed by atoms with Gasteiger partial charge in [-0.1, -0.05) is 60.7 Å². The molecule has 0 spiro atoms. The maximum Gasteiger partial charge on any atom is 0.339 e. The van der Waals surface area contributed by atoms with Gasteiger partial charge >= 0.3 is 5.97 Å². The molecule has 1 saturated heterocycles. The SMILES string of the molecule is COC(=O)c1ccccc1N1C(=O)[C@@H]2C3c4ccccc4C(c4ccccc43)[C@@H]2C1=O. The number of hydrogen-bond donors (Lipinski definition) is 0. The van der Waals surface area contributed by atoms with Crippen LogP contribution in [0.4, 0.5) is 5.69 Å². The quantitative estimate of drug-likeness (QED) is 0.476. The molecule has 0 N–H and O–H groups in total. The van der Waals surface area contributed by atoms with E-state index < -0.39 is 17.8 Å². The second-order valence-electron chi connectivity index (χ2n) is 8.29. The van der Waals surface area contributed by atoms with Gasteiger partial charge in [0.25, 0.3) is 0 Å². The molecule has 2 amide bonds. The highest BCUT2D eigenvalue weighted by atomic mass is 16.5. The average molecular weight is 409 g/mol. The van der Waals surface area contributed by atoms with E-state index in [9.17, 15) is 14.4 Å². The van der Waals surface area contributed by atoms with Gasteiger partial charge in [0.05, 0.1) is 30.2 Å². The molecule has 0 aromatic heterocycles. The summed E-state index contributed by atoms with van der Waals surface area (Å²) >= 11 is 0. The number of anilines is 1. The van der Waals surface area contributed by atoms with Gasteiger partial charge in [-0.3, -0.25) is 9.59 Å². The van der Waals surface area contributed by atoms with E-state index in [1.54, 1.807) is 24.3 Å². The van der Waals surface area contributed by atoms with Gasteiger partial charge in [0, 0.05) is 11.8 Å². The molecule has 4 aliphatic rings. The molecular weight excluding hydrogens is 390 g/mol. The topological polar surface area (TPSA) is 63.7 Å². The number of nitrogens with zero attached hydrogens (tertiary/aromatic N) is 1. The first-order chi connectivity index (χ1) is 15.1. The van der Waals surface area contributed by atoms with E-state index in [4.69, 9.17) is 4.74 Å². The first kappa shape index (κ1) is 18.1. The van der Waals surface area contributed by atoms with Gasteiger partial charge in [0.2, 0.25) is 11.8 Å². The Bertz CT molecular complexity index is 1160. The number of imide groups is 1. The van der Waals surface area contributed by atoms with Crippen LogP contribution < -0.4 is 4.90 Å². The van der Waals surface area contributed by atoms with Crippen molar-refractivity contribution in [1.29, 1.82) is 0 Å². The van der Waals surface area contributed by atoms with Crippen LogP contribution in [-0.2, 0) is 14.3 Å². The molecule has 1 heterocycles. The number of esters is 1. The lowest BCUT2D eigenvalue weighted by atomic mass is 9.55. The van der Waals surface area contributed by atoms with Gasteiger partial charge in [0.1, 0.15) is 0 Å². The van der Waals surface area contributed by atoms with Gasteiger partial charge in [-0.25, -0.2) is 9.69 Å². The van der Waals surface area contributed by atoms with Crippen LogP contribution in [0.3, 0.4) is 0 Å². The molecule has 0 saturated carbocycles. The molecule has 5 heteroatoms. The second kappa shape index (κ2) is 6.38. The highest BCUT2D eigenvalue weighted by Gasteiger charge is 2.62. The van der Waals surface area contributed by atoms with Crippen molar-refractivity contribution in [3.8, 4) is 0 Å². The summed E-state index contributed by atoms with van der Waals surface area (Å²) in [6.07, 6.45) is 0. The van der Waals surface area contributed by atoms with E-state index in [0.29, 0.717) is 5.69 Å². The molecule has 3 aliphatic carbocycles. The predicted molar refractivity (Wildman–Crippen MR) is 114 cm³/mol. The third-order valence-electron chi connectivity index (χ3n) is 7.00. The summed E-state index contributed by atoms with van der Waals surface area (Å²) in [4.78, 5) is 41.1. The molecule has 152 valence electrons. The average Bonchev–Trinajstić information content (AvgIpc) is 3.09. The number of ether oxygens (including phenoxy) is 1. The summed E-state index contributed by atoms with van der Waals surface area (Å²) in [5.74, 6) is -2.36. The molecule has 2 bridgehead atoms. The van der Waals surface area contributed by atoms with Crippen LogP contribution in [0, 0.1) is 11.8 Å². The van der Waals surface area contributed by atoms with Crippen LogP contribution in [0.1, 0.15) is 44.4 Å². The first-order valence-electron chi connectivity index (χ1n) is 10.4. The molecule has 2 atom stereocenters. The minimum absolute atomic E-state index is 0.172. The van der Waals surface area contributed by atoms with Gasteiger partial charge in [0.15, 0.2) is 0 Å². The van der Waals surface area contributed by atoms with Crippen molar-refractivity contribution >= 4 is 23.5 Å². The highest BCUT2D eigenvalue weighted by molar-refractivity contribution is 6.25. The molecular formula is C26H19NO4. The van der Waals surface area contributed by atoms with E-state index in [-0.39, 0.29) is 29.2 Å². The number of carbonyl (C=O) groups is 3. The summed E-state index contributed by atoms with van der Waals surface area (Å²) in [6, 6.07) is 22.9.